The van der Waals surface area contributed by atoms with Crippen molar-refractivity contribution in [1.29, 1.82) is 0 Å². The Balaban J connectivity index is 1.55. The second kappa shape index (κ2) is 9.44. The molecular weight excluding hydrogens is 485 g/mol. The predicted molar refractivity (Wildman–Crippen MR) is 136 cm³/mol. The van der Waals surface area contributed by atoms with E-state index >= 15 is 0 Å². The first kappa shape index (κ1) is 23.0. The van der Waals surface area contributed by atoms with Gasteiger partial charge < -0.3 is 15.8 Å². The van der Waals surface area contributed by atoms with Gasteiger partial charge in [0.05, 0.1) is 10.6 Å². The molecule has 3 aromatic carbocycles. The van der Waals surface area contributed by atoms with Crippen molar-refractivity contribution in [3.8, 4) is 17.1 Å². The molecule has 4 aromatic rings. The number of rotatable bonds is 6. The highest BCUT2D eigenvalue weighted by Crippen LogP contribution is 2.38. The molecule has 0 aliphatic carbocycles. The maximum Gasteiger partial charge on any atom is 0.248 e. The Morgan fingerprint density at radius 2 is 1.89 bits per heavy atom. The van der Waals surface area contributed by atoms with Gasteiger partial charge in [0.2, 0.25) is 11.9 Å². The summed E-state index contributed by atoms with van der Waals surface area (Å²) < 4.78 is 7.65. The number of anilines is 1. The van der Waals surface area contributed by atoms with Gasteiger partial charge in [-0.15, -0.1) is 5.10 Å². The van der Waals surface area contributed by atoms with Crippen LogP contribution in [0.25, 0.3) is 11.4 Å². The molecule has 1 amide bonds. The molecule has 0 spiro atoms. The highest BCUT2D eigenvalue weighted by atomic mass is 35.5. The number of benzene rings is 3. The van der Waals surface area contributed by atoms with Gasteiger partial charge in [-0.2, -0.15) is 4.98 Å². The third kappa shape index (κ3) is 4.60. The van der Waals surface area contributed by atoms with Crippen molar-refractivity contribution >= 4 is 35.1 Å². The van der Waals surface area contributed by atoms with Crippen molar-refractivity contribution in [1.82, 2.24) is 14.8 Å². The van der Waals surface area contributed by atoms with Crippen LogP contribution in [-0.4, -0.2) is 20.7 Å². The summed E-state index contributed by atoms with van der Waals surface area (Å²) in [6.45, 7) is 2.21. The van der Waals surface area contributed by atoms with E-state index in [0.717, 1.165) is 11.1 Å². The molecule has 35 heavy (non-hydrogen) atoms. The number of fused-ring (bicyclic) bond motifs is 1. The summed E-state index contributed by atoms with van der Waals surface area (Å²) in [4.78, 5) is 17.1. The van der Waals surface area contributed by atoms with Gasteiger partial charge in [-0.1, -0.05) is 65.7 Å². The van der Waals surface area contributed by atoms with E-state index in [1.54, 1.807) is 29.8 Å². The van der Waals surface area contributed by atoms with Crippen molar-refractivity contribution in [2.24, 2.45) is 5.73 Å². The van der Waals surface area contributed by atoms with E-state index in [4.69, 9.17) is 38.8 Å². The number of hydrogen-bond acceptors (Lipinski definition) is 5. The van der Waals surface area contributed by atoms with E-state index in [9.17, 15) is 4.79 Å². The van der Waals surface area contributed by atoms with Gasteiger partial charge in [0.25, 0.3) is 0 Å². The van der Waals surface area contributed by atoms with Crippen LogP contribution in [0.2, 0.25) is 10.0 Å². The number of halogens is 2. The highest BCUT2D eigenvalue weighted by molar-refractivity contribution is 6.36. The normalized spacial score (nSPS) is 14.9. The Bertz CT molecular complexity index is 1450. The zero-order chi connectivity index (χ0) is 24.5. The lowest BCUT2D eigenvalue weighted by atomic mass is 9.95. The Morgan fingerprint density at radius 1 is 1.09 bits per heavy atom. The van der Waals surface area contributed by atoms with Crippen LogP contribution in [0, 0.1) is 0 Å². The van der Waals surface area contributed by atoms with Crippen molar-refractivity contribution in [3.05, 3.63) is 105 Å². The summed E-state index contributed by atoms with van der Waals surface area (Å²) in [7, 11) is 0. The third-order valence-electron chi connectivity index (χ3n) is 5.71. The number of carbonyl (C=O) groups excluding carboxylic acids is 1. The summed E-state index contributed by atoms with van der Waals surface area (Å²) in [5, 5.41) is 8.77. The summed E-state index contributed by atoms with van der Waals surface area (Å²) in [6.07, 6.45) is 0. The van der Waals surface area contributed by atoms with Gasteiger partial charge >= 0.3 is 0 Å². The van der Waals surface area contributed by atoms with Crippen LogP contribution < -0.4 is 15.8 Å². The number of hydrogen-bond donors (Lipinski definition) is 2. The minimum atomic E-state index is -0.601. The molecule has 9 heteroatoms. The maximum absolute atomic E-state index is 12.5. The number of ether oxygens (including phenoxy) is 1. The summed E-state index contributed by atoms with van der Waals surface area (Å²) in [6, 6.07) is 21.9. The zero-order valence-corrected chi connectivity index (χ0v) is 20.2. The molecule has 3 N–H and O–H groups in total. The van der Waals surface area contributed by atoms with Crippen molar-refractivity contribution in [2.45, 2.75) is 19.6 Å². The number of nitrogens with one attached hydrogen (secondary N) is 1. The average Bonchev–Trinajstić information content (AvgIpc) is 3.25. The highest BCUT2D eigenvalue weighted by Gasteiger charge is 2.33. The van der Waals surface area contributed by atoms with Crippen LogP contribution in [0.5, 0.6) is 5.75 Å². The van der Waals surface area contributed by atoms with Gasteiger partial charge in [-0.05, 0) is 48.4 Å². The van der Waals surface area contributed by atoms with E-state index in [-0.39, 0.29) is 0 Å². The molecule has 1 aliphatic rings. The molecule has 0 bridgehead atoms. The van der Waals surface area contributed by atoms with Gasteiger partial charge in [0, 0.05) is 16.3 Å². The second-order valence-electron chi connectivity index (χ2n) is 8.10. The fourth-order valence-corrected chi connectivity index (χ4v) is 4.57. The number of nitrogens with two attached hydrogens (primary N) is 1. The lowest BCUT2D eigenvalue weighted by Gasteiger charge is -2.27. The molecule has 0 fully saturated rings. The molecule has 0 radical (unpaired) electrons. The number of nitrogens with zero attached hydrogens (tertiary/aromatic N) is 3. The molecule has 1 aliphatic heterocycles. The number of primary amides is 1. The van der Waals surface area contributed by atoms with Crippen molar-refractivity contribution in [2.75, 3.05) is 5.32 Å². The summed E-state index contributed by atoms with van der Waals surface area (Å²) in [5.41, 5.74) is 9.25. The van der Waals surface area contributed by atoms with E-state index in [1.807, 2.05) is 54.6 Å². The van der Waals surface area contributed by atoms with Crippen molar-refractivity contribution in [3.63, 3.8) is 0 Å². The quantitative estimate of drug-likeness (QED) is 0.355. The molecule has 2 heterocycles. The van der Waals surface area contributed by atoms with Gasteiger partial charge in [-0.25, -0.2) is 4.68 Å². The lowest BCUT2D eigenvalue weighted by molar-refractivity contribution is -0.115. The Labute approximate surface area is 212 Å². The monoisotopic (exact) mass is 505 g/mol. The SMILES string of the molecule is CC1=C(C(N)=O)C(c2cccc(OCc3ccccc3)c2)n2nc(-c3ccc(Cl)cc3Cl)nc2N1. The lowest BCUT2D eigenvalue weighted by Crippen LogP contribution is -2.31. The van der Waals surface area contributed by atoms with Crippen LogP contribution in [-0.2, 0) is 11.4 Å². The fraction of sp³-hybridized carbons (Fsp3) is 0.115. The molecule has 176 valence electrons. The Hall–Kier alpha value is -3.81. The minimum Gasteiger partial charge on any atom is -0.489 e. The smallest absolute Gasteiger partial charge is 0.248 e. The van der Waals surface area contributed by atoms with E-state index in [0.29, 0.717) is 51.0 Å². The summed E-state index contributed by atoms with van der Waals surface area (Å²) in [5.74, 6) is 0.972. The van der Waals surface area contributed by atoms with E-state index in [1.165, 1.54) is 0 Å². The Kier molecular flexibility index (Phi) is 6.19. The van der Waals surface area contributed by atoms with Crippen LogP contribution in [0.15, 0.2) is 84.1 Å². The largest absolute Gasteiger partial charge is 0.489 e. The van der Waals surface area contributed by atoms with Gasteiger partial charge in [-0.3, -0.25) is 4.79 Å². The predicted octanol–water partition coefficient (Wildman–Crippen LogP) is 5.61. The number of allylic oxidation sites excluding steroid dienone is 1. The van der Waals surface area contributed by atoms with Crippen LogP contribution in [0.3, 0.4) is 0 Å². The van der Waals surface area contributed by atoms with Gasteiger partial charge in [0.15, 0.2) is 5.82 Å². The number of amides is 1. The zero-order valence-electron chi connectivity index (χ0n) is 18.7. The first-order valence-corrected chi connectivity index (χ1v) is 11.6. The first-order chi connectivity index (χ1) is 16.9. The third-order valence-corrected chi connectivity index (χ3v) is 6.26. The fourth-order valence-electron chi connectivity index (χ4n) is 4.08. The molecule has 1 unspecified atom stereocenters. The molecule has 0 saturated heterocycles. The molecule has 1 aromatic heterocycles. The molecule has 0 saturated carbocycles. The standard InChI is InChI=1S/C26H21Cl2N5O2/c1-15-22(24(29)34)23(17-8-5-9-19(12-17)35-14-16-6-3-2-4-7-16)33-26(30-15)31-25(32-33)20-11-10-18(27)13-21(20)28/h2-13,23H,14H2,1H3,(H2,29,34)(H,30,31,32). The van der Waals surface area contributed by atoms with E-state index in [2.05, 4.69) is 10.3 Å². The van der Waals surface area contributed by atoms with Crippen LogP contribution >= 0.6 is 23.2 Å². The molecular formula is C26H21Cl2N5O2. The van der Waals surface area contributed by atoms with Crippen molar-refractivity contribution < 1.29 is 9.53 Å². The van der Waals surface area contributed by atoms with Gasteiger partial charge in [0.1, 0.15) is 18.4 Å². The topological polar surface area (TPSA) is 95.1 Å². The van der Waals surface area contributed by atoms with Crippen LogP contribution in [0.4, 0.5) is 5.95 Å². The van der Waals surface area contributed by atoms with E-state index < -0.39 is 11.9 Å². The second-order valence-corrected chi connectivity index (χ2v) is 8.95. The maximum atomic E-state index is 12.5. The molecule has 7 nitrogen and oxygen atoms in total. The summed E-state index contributed by atoms with van der Waals surface area (Å²) >= 11 is 12.4. The molecule has 5 rings (SSSR count). The number of aromatic nitrogens is 3. The Morgan fingerprint density at radius 3 is 2.63 bits per heavy atom. The number of carbonyl (C=O) groups is 1. The first-order valence-electron chi connectivity index (χ1n) is 10.9. The average molecular weight is 506 g/mol. The van der Waals surface area contributed by atoms with Crippen LogP contribution in [0.1, 0.15) is 24.1 Å². The minimum absolute atomic E-state index is 0.386. The molecule has 1 atom stereocenters.